The summed E-state index contributed by atoms with van der Waals surface area (Å²) in [5, 5.41) is 0. The largest absolute Gasteiger partial charge is 0.492 e. The van der Waals surface area contributed by atoms with Crippen LogP contribution in [-0.4, -0.2) is 19.7 Å². The van der Waals surface area contributed by atoms with Crippen LogP contribution in [0.5, 0.6) is 5.75 Å². The highest BCUT2D eigenvalue weighted by Crippen LogP contribution is 2.32. The van der Waals surface area contributed by atoms with E-state index in [1.165, 1.54) is 7.11 Å². The molecule has 0 bridgehead atoms. The number of esters is 1. The van der Waals surface area contributed by atoms with E-state index >= 15 is 0 Å². The number of benzene rings is 1. The van der Waals surface area contributed by atoms with Gasteiger partial charge < -0.3 is 9.47 Å². The second-order valence-electron chi connectivity index (χ2n) is 4.42. The van der Waals surface area contributed by atoms with Crippen molar-refractivity contribution in [2.24, 2.45) is 0 Å². The average Bonchev–Trinajstić information content (AvgIpc) is 2.36. The van der Waals surface area contributed by atoms with Crippen molar-refractivity contribution < 1.29 is 14.3 Å². The fourth-order valence-electron chi connectivity index (χ4n) is 1.71. The average molecular weight is 327 g/mol. The molecule has 1 rings (SSSR count). The Morgan fingerprint density at radius 2 is 2.11 bits per heavy atom. The zero-order valence-electron chi connectivity index (χ0n) is 11.6. The van der Waals surface area contributed by atoms with Gasteiger partial charge in [0, 0.05) is 5.56 Å². The predicted octanol–water partition coefficient (Wildman–Crippen LogP) is 4.14. The summed E-state index contributed by atoms with van der Waals surface area (Å²) in [7, 11) is 1.37. The van der Waals surface area contributed by atoms with Gasteiger partial charge in [-0.2, -0.15) is 0 Å². The van der Waals surface area contributed by atoms with Crippen LogP contribution < -0.4 is 4.74 Å². The number of methoxy groups -OCH3 is 1. The third-order valence-corrected chi connectivity index (χ3v) is 3.07. The fraction of sp³-hybridized carbons (Fsp3) is 0.400. The van der Waals surface area contributed by atoms with E-state index < -0.39 is 0 Å². The van der Waals surface area contributed by atoms with Crippen molar-refractivity contribution in [3.05, 3.63) is 39.9 Å². The summed E-state index contributed by atoms with van der Waals surface area (Å²) in [6, 6.07) is 3.52. The van der Waals surface area contributed by atoms with Crippen LogP contribution >= 0.6 is 15.9 Å². The highest BCUT2D eigenvalue weighted by molar-refractivity contribution is 9.10. The van der Waals surface area contributed by atoms with Crippen molar-refractivity contribution >= 4 is 21.9 Å². The molecular formula is C15H19BrO3. The molecule has 0 radical (unpaired) electrons. The molecule has 4 heteroatoms. The lowest BCUT2D eigenvalue weighted by Gasteiger charge is -2.14. The van der Waals surface area contributed by atoms with Gasteiger partial charge in [-0.1, -0.05) is 19.1 Å². The van der Waals surface area contributed by atoms with E-state index in [4.69, 9.17) is 9.47 Å². The maximum atomic E-state index is 11.6. The molecule has 0 aliphatic rings. The first-order chi connectivity index (χ1) is 8.99. The molecule has 0 saturated heterocycles. The van der Waals surface area contributed by atoms with Gasteiger partial charge in [0.2, 0.25) is 0 Å². The van der Waals surface area contributed by atoms with Crippen molar-refractivity contribution in [1.82, 2.24) is 0 Å². The minimum absolute atomic E-state index is 0.356. The van der Waals surface area contributed by atoms with Gasteiger partial charge in [-0.05, 0) is 47.8 Å². The van der Waals surface area contributed by atoms with E-state index in [0.29, 0.717) is 18.6 Å². The minimum atomic E-state index is -0.356. The summed E-state index contributed by atoms with van der Waals surface area (Å²) in [6.07, 6.45) is 1.60. The number of carbonyl (C=O) groups excluding carboxylic acids is 1. The van der Waals surface area contributed by atoms with E-state index in [2.05, 4.69) is 29.4 Å². The predicted molar refractivity (Wildman–Crippen MR) is 79.8 cm³/mol. The van der Waals surface area contributed by atoms with Gasteiger partial charge in [0.25, 0.3) is 0 Å². The molecule has 0 spiro atoms. The molecule has 0 amide bonds. The van der Waals surface area contributed by atoms with E-state index in [9.17, 15) is 4.79 Å². The number of ether oxygens (including phenoxy) is 2. The lowest BCUT2D eigenvalue weighted by molar-refractivity contribution is 0.0600. The Labute approximate surface area is 122 Å². The molecule has 3 nitrogen and oxygen atoms in total. The smallest absolute Gasteiger partial charge is 0.337 e. The Kier molecular flexibility index (Phi) is 6.09. The standard InChI is InChI=1S/C15H19BrO3/c1-5-6-19-14-11(7-10(2)3)8-12(9-13(14)16)15(17)18-4/h8-9H,2,5-7H2,1,3-4H3. The molecule has 1 aromatic rings. The topological polar surface area (TPSA) is 35.5 Å². The maximum Gasteiger partial charge on any atom is 0.337 e. The zero-order valence-corrected chi connectivity index (χ0v) is 13.2. The Hall–Kier alpha value is -1.29. The van der Waals surface area contributed by atoms with Gasteiger partial charge in [-0.25, -0.2) is 4.79 Å². The molecule has 0 saturated carbocycles. The Bertz CT molecular complexity index is 481. The van der Waals surface area contributed by atoms with Crippen LogP contribution in [0, 0.1) is 0 Å². The molecule has 0 aliphatic carbocycles. The van der Waals surface area contributed by atoms with Gasteiger partial charge in [-0.15, -0.1) is 0 Å². The Morgan fingerprint density at radius 3 is 2.63 bits per heavy atom. The molecule has 1 aromatic carbocycles. The molecule has 0 atom stereocenters. The van der Waals surface area contributed by atoms with Gasteiger partial charge in [-0.3, -0.25) is 0 Å². The summed E-state index contributed by atoms with van der Waals surface area (Å²) < 4.78 is 11.3. The number of halogens is 1. The van der Waals surface area contributed by atoms with Crippen LogP contribution in [0.4, 0.5) is 0 Å². The molecule has 0 N–H and O–H groups in total. The van der Waals surface area contributed by atoms with Crippen LogP contribution in [0.2, 0.25) is 0 Å². The zero-order chi connectivity index (χ0) is 14.4. The van der Waals surface area contributed by atoms with Gasteiger partial charge in [0.1, 0.15) is 5.75 Å². The van der Waals surface area contributed by atoms with Gasteiger partial charge in [0.15, 0.2) is 0 Å². The first-order valence-electron chi connectivity index (χ1n) is 6.17. The highest BCUT2D eigenvalue weighted by Gasteiger charge is 2.15. The lowest BCUT2D eigenvalue weighted by atomic mass is 10.0. The second kappa shape index (κ2) is 7.34. The summed E-state index contributed by atoms with van der Waals surface area (Å²) >= 11 is 3.45. The van der Waals surface area contributed by atoms with E-state index in [1.54, 1.807) is 12.1 Å². The Morgan fingerprint density at radius 1 is 1.42 bits per heavy atom. The fourth-order valence-corrected chi connectivity index (χ4v) is 2.32. The molecule has 0 aliphatic heterocycles. The molecule has 0 unspecified atom stereocenters. The molecular weight excluding hydrogens is 308 g/mol. The van der Waals surface area contributed by atoms with Crippen molar-refractivity contribution in [3.8, 4) is 5.75 Å². The summed E-state index contributed by atoms with van der Waals surface area (Å²) in [5.41, 5.74) is 2.46. The first kappa shape index (κ1) is 15.8. The van der Waals surface area contributed by atoms with E-state index in [1.807, 2.05) is 6.92 Å². The van der Waals surface area contributed by atoms with Gasteiger partial charge in [0.05, 0.1) is 23.8 Å². The van der Waals surface area contributed by atoms with Crippen molar-refractivity contribution in [2.45, 2.75) is 26.7 Å². The van der Waals surface area contributed by atoms with Crippen LogP contribution in [0.15, 0.2) is 28.8 Å². The first-order valence-corrected chi connectivity index (χ1v) is 6.96. The van der Waals surface area contributed by atoms with E-state index in [0.717, 1.165) is 27.8 Å². The molecule has 19 heavy (non-hydrogen) atoms. The maximum absolute atomic E-state index is 11.6. The van der Waals surface area contributed by atoms with Crippen molar-refractivity contribution in [2.75, 3.05) is 13.7 Å². The highest BCUT2D eigenvalue weighted by atomic mass is 79.9. The van der Waals surface area contributed by atoms with Gasteiger partial charge >= 0.3 is 5.97 Å². The molecule has 0 fully saturated rings. The van der Waals surface area contributed by atoms with Crippen LogP contribution in [0.25, 0.3) is 0 Å². The molecule has 0 heterocycles. The molecule has 104 valence electrons. The third kappa shape index (κ3) is 4.39. The summed E-state index contributed by atoms with van der Waals surface area (Å²) in [6.45, 7) is 8.54. The number of hydrogen-bond donors (Lipinski definition) is 0. The van der Waals surface area contributed by atoms with Crippen LogP contribution in [0.1, 0.15) is 36.2 Å². The summed E-state index contributed by atoms with van der Waals surface area (Å²) in [4.78, 5) is 11.6. The molecule has 0 aromatic heterocycles. The SMILES string of the molecule is C=C(C)Cc1cc(C(=O)OC)cc(Br)c1OCCC. The number of carbonyl (C=O) groups is 1. The van der Waals surface area contributed by atoms with E-state index in [-0.39, 0.29) is 5.97 Å². The van der Waals surface area contributed by atoms with Crippen LogP contribution in [0.3, 0.4) is 0 Å². The second-order valence-corrected chi connectivity index (χ2v) is 5.27. The minimum Gasteiger partial charge on any atom is -0.492 e. The summed E-state index contributed by atoms with van der Waals surface area (Å²) in [5.74, 6) is 0.420. The number of hydrogen-bond acceptors (Lipinski definition) is 3. The van der Waals surface area contributed by atoms with Crippen LogP contribution in [-0.2, 0) is 11.2 Å². The van der Waals surface area contributed by atoms with Crippen molar-refractivity contribution in [3.63, 3.8) is 0 Å². The normalized spacial score (nSPS) is 10.1. The number of rotatable bonds is 6. The quantitative estimate of drug-likeness (QED) is 0.582. The monoisotopic (exact) mass is 326 g/mol. The number of allylic oxidation sites excluding steroid dienone is 1. The third-order valence-electron chi connectivity index (χ3n) is 2.48. The Balaban J connectivity index is 3.21. The lowest BCUT2D eigenvalue weighted by Crippen LogP contribution is -2.06. The van der Waals surface area contributed by atoms with Crippen molar-refractivity contribution in [1.29, 1.82) is 0 Å².